The van der Waals surface area contributed by atoms with E-state index in [1.54, 1.807) is 7.05 Å². The molecule has 0 fully saturated rings. The quantitative estimate of drug-likeness (QED) is 0.461. The average Bonchev–Trinajstić information content (AvgIpc) is 2.18. The van der Waals surface area contributed by atoms with Gasteiger partial charge in [-0.15, -0.1) is 0 Å². The minimum Gasteiger partial charge on any atom is -0.397 e. The van der Waals surface area contributed by atoms with E-state index in [1.165, 1.54) is 0 Å². The largest absolute Gasteiger partial charge is 0.397 e. The van der Waals surface area contributed by atoms with Crippen molar-refractivity contribution in [2.45, 2.75) is 26.2 Å². The molecule has 1 rings (SSSR count). The van der Waals surface area contributed by atoms with Gasteiger partial charge in [0.15, 0.2) is 0 Å². The molecule has 0 aliphatic heterocycles. The fourth-order valence-electron chi connectivity index (χ4n) is 1.87. The summed E-state index contributed by atoms with van der Waals surface area (Å²) in [5, 5.41) is 3.04. The first-order valence-corrected chi connectivity index (χ1v) is 5.15. The molecule has 1 aromatic rings. The van der Waals surface area contributed by atoms with E-state index in [0.717, 1.165) is 11.3 Å². The van der Waals surface area contributed by atoms with Crippen molar-refractivity contribution in [1.82, 2.24) is 0 Å². The molecule has 0 radical (unpaired) electrons. The van der Waals surface area contributed by atoms with Crippen LogP contribution in [0.2, 0.25) is 0 Å². The summed E-state index contributed by atoms with van der Waals surface area (Å²) in [6.45, 7) is 6.15. The molecular weight excluding hydrogens is 202 g/mol. The van der Waals surface area contributed by atoms with Crippen LogP contribution in [0, 0.1) is 0 Å². The van der Waals surface area contributed by atoms with Crippen LogP contribution in [0.1, 0.15) is 26.3 Å². The maximum atomic E-state index is 6.01. The van der Waals surface area contributed by atoms with Crippen molar-refractivity contribution in [3.63, 3.8) is 0 Å². The molecule has 5 heteroatoms. The van der Waals surface area contributed by atoms with E-state index in [1.807, 2.05) is 0 Å². The van der Waals surface area contributed by atoms with Gasteiger partial charge in [-0.2, -0.15) is 0 Å². The Kier molecular flexibility index (Phi) is 2.81. The van der Waals surface area contributed by atoms with Crippen LogP contribution in [0.4, 0.5) is 28.4 Å². The maximum absolute atomic E-state index is 6.01. The highest BCUT2D eigenvalue weighted by Gasteiger charge is 2.26. The van der Waals surface area contributed by atoms with Crippen LogP contribution in [-0.4, -0.2) is 7.05 Å². The molecule has 9 N–H and O–H groups in total. The number of benzene rings is 1. The Balaban J connectivity index is 3.72. The highest BCUT2D eigenvalue weighted by molar-refractivity contribution is 5.97. The molecule has 0 bridgehead atoms. The van der Waals surface area contributed by atoms with Gasteiger partial charge in [0.2, 0.25) is 0 Å². The Labute approximate surface area is 96.2 Å². The van der Waals surface area contributed by atoms with Crippen molar-refractivity contribution in [1.29, 1.82) is 0 Å². The zero-order valence-corrected chi connectivity index (χ0v) is 10.3. The van der Waals surface area contributed by atoms with Crippen molar-refractivity contribution < 1.29 is 0 Å². The highest BCUT2D eigenvalue weighted by Crippen LogP contribution is 2.45. The van der Waals surface area contributed by atoms with Gasteiger partial charge in [0.1, 0.15) is 0 Å². The predicted molar refractivity (Wildman–Crippen MR) is 72.3 cm³/mol. The van der Waals surface area contributed by atoms with Gasteiger partial charge in [-0.25, -0.2) is 0 Å². The summed E-state index contributed by atoms with van der Waals surface area (Å²) in [7, 11) is 1.79. The Morgan fingerprint density at radius 3 is 1.62 bits per heavy atom. The van der Waals surface area contributed by atoms with Gasteiger partial charge in [-0.1, -0.05) is 20.8 Å². The molecule has 16 heavy (non-hydrogen) atoms. The van der Waals surface area contributed by atoms with E-state index < -0.39 is 0 Å². The number of rotatable bonds is 1. The summed E-state index contributed by atoms with van der Waals surface area (Å²) in [5.41, 5.74) is 26.8. The van der Waals surface area contributed by atoms with E-state index in [9.17, 15) is 0 Å². The van der Waals surface area contributed by atoms with E-state index in [2.05, 4.69) is 26.1 Å². The Hall–Kier alpha value is -1.78. The minimum absolute atomic E-state index is 0.154. The van der Waals surface area contributed by atoms with Gasteiger partial charge in [-0.05, 0) is 5.41 Å². The number of anilines is 5. The summed E-state index contributed by atoms with van der Waals surface area (Å²) in [4.78, 5) is 0. The molecule has 0 saturated heterocycles. The summed E-state index contributed by atoms with van der Waals surface area (Å²) < 4.78 is 0. The van der Waals surface area contributed by atoms with E-state index in [0.29, 0.717) is 22.7 Å². The summed E-state index contributed by atoms with van der Waals surface area (Å²) in [6, 6.07) is 0. The van der Waals surface area contributed by atoms with Crippen LogP contribution in [0.15, 0.2) is 0 Å². The number of nitrogen functional groups attached to an aromatic ring is 4. The molecule has 0 heterocycles. The van der Waals surface area contributed by atoms with Gasteiger partial charge in [0.05, 0.1) is 28.4 Å². The molecule has 0 saturated carbocycles. The molecule has 0 unspecified atom stereocenters. The second-order valence-electron chi connectivity index (χ2n) is 4.90. The number of hydrogen-bond donors (Lipinski definition) is 5. The first kappa shape index (κ1) is 12.3. The van der Waals surface area contributed by atoms with Crippen LogP contribution >= 0.6 is 0 Å². The van der Waals surface area contributed by atoms with Crippen LogP contribution < -0.4 is 28.3 Å². The SMILES string of the molecule is CNc1c(N)c(N)c(N)c(N)c1C(C)(C)C. The second-order valence-corrected chi connectivity index (χ2v) is 4.90. The summed E-state index contributed by atoms with van der Waals surface area (Å²) in [5.74, 6) is 0. The van der Waals surface area contributed by atoms with Gasteiger partial charge in [0.25, 0.3) is 0 Å². The number of hydrogen-bond acceptors (Lipinski definition) is 5. The van der Waals surface area contributed by atoms with Gasteiger partial charge < -0.3 is 28.3 Å². The van der Waals surface area contributed by atoms with Crippen molar-refractivity contribution >= 4 is 28.4 Å². The molecule has 0 atom stereocenters. The third-order valence-electron chi connectivity index (χ3n) is 2.66. The summed E-state index contributed by atoms with van der Waals surface area (Å²) >= 11 is 0. The average molecular weight is 223 g/mol. The normalized spacial score (nSPS) is 11.5. The molecular formula is C11H21N5. The molecule has 5 nitrogen and oxygen atoms in total. The number of nitrogens with one attached hydrogen (secondary N) is 1. The zero-order valence-electron chi connectivity index (χ0n) is 10.3. The first-order chi connectivity index (χ1) is 7.21. The Bertz CT molecular complexity index is 418. The summed E-state index contributed by atoms with van der Waals surface area (Å²) in [6.07, 6.45) is 0. The van der Waals surface area contributed by atoms with E-state index in [-0.39, 0.29) is 5.41 Å². The van der Waals surface area contributed by atoms with Crippen LogP contribution in [0.5, 0.6) is 0 Å². The lowest BCUT2D eigenvalue weighted by atomic mass is 9.83. The highest BCUT2D eigenvalue weighted by atomic mass is 14.9. The Morgan fingerprint density at radius 2 is 1.25 bits per heavy atom. The standard InChI is InChI=1S/C11H21N5/c1-11(2,3)5-6(12)7(13)8(14)9(15)10(5)16-4/h16H,12-15H2,1-4H3. The molecule has 0 aromatic heterocycles. The van der Waals surface area contributed by atoms with Crippen LogP contribution in [-0.2, 0) is 5.41 Å². The lowest BCUT2D eigenvalue weighted by molar-refractivity contribution is 0.595. The van der Waals surface area contributed by atoms with Gasteiger partial charge in [-0.3, -0.25) is 0 Å². The second kappa shape index (κ2) is 3.66. The van der Waals surface area contributed by atoms with Crippen LogP contribution in [0.25, 0.3) is 0 Å². The first-order valence-electron chi connectivity index (χ1n) is 5.15. The molecule has 1 aromatic carbocycles. The van der Waals surface area contributed by atoms with E-state index in [4.69, 9.17) is 22.9 Å². The number of nitrogens with two attached hydrogens (primary N) is 4. The monoisotopic (exact) mass is 223 g/mol. The fraction of sp³-hybridized carbons (Fsp3) is 0.455. The van der Waals surface area contributed by atoms with Gasteiger partial charge >= 0.3 is 0 Å². The van der Waals surface area contributed by atoms with Gasteiger partial charge in [0, 0.05) is 12.6 Å². The van der Waals surface area contributed by atoms with Crippen molar-refractivity contribution in [2.24, 2.45) is 0 Å². The topological polar surface area (TPSA) is 116 Å². The predicted octanol–water partition coefficient (Wildman–Crippen LogP) is 1.35. The smallest absolute Gasteiger partial charge is 0.0824 e. The zero-order chi connectivity index (χ0) is 12.7. The van der Waals surface area contributed by atoms with E-state index >= 15 is 0 Å². The minimum atomic E-state index is -0.154. The fourth-order valence-corrected chi connectivity index (χ4v) is 1.87. The molecule has 0 amide bonds. The molecule has 0 spiro atoms. The van der Waals surface area contributed by atoms with Crippen molar-refractivity contribution in [3.8, 4) is 0 Å². The molecule has 0 aliphatic rings. The third kappa shape index (κ3) is 1.68. The lowest BCUT2D eigenvalue weighted by Gasteiger charge is -2.27. The Morgan fingerprint density at radius 1 is 0.812 bits per heavy atom. The van der Waals surface area contributed by atoms with Crippen LogP contribution in [0.3, 0.4) is 0 Å². The van der Waals surface area contributed by atoms with Crippen molar-refractivity contribution in [3.05, 3.63) is 5.56 Å². The molecule has 90 valence electrons. The third-order valence-corrected chi connectivity index (χ3v) is 2.66. The molecule has 0 aliphatic carbocycles. The van der Waals surface area contributed by atoms with Crippen molar-refractivity contribution in [2.75, 3.05) is 35.3 Å². The maximum Gasteiger partial charge on any atom is 0.0824 e. The lowest BCUT2D eigenvalue weighted by Crippen LogP contribution is -2.20.